The van der Waals surface area contributed by atoms with Crippen LogP contribution < -0.4 is 16.4 Å². The highest BCUT2D eigenvalue weighted by atomic mass is 32.2. The second-order valence-corrected chi connectivity index (χ2v) is 13.7. The van der Waals surface area contributed by atoms with E-state index in [0.717, 1.165) is 5.57 Å². The van der Waals surface area contributed by atoms with Gasteiger partial charge in [-0.2, -0.15) is 0 Å². The SMILES string of the molecule is C=C/C(=C\C=C/C)c1ccc(-c2cc(-c3ccc(-c4ccccc4)cc3)c3c4c2Sc2ccccc2B4c2ccccc2S3)cc1. The van der Waals surface area contributed by atoms with E-state index >= 15 is 0 Å². The Balaban J connectivity index is 1.35. The van der Waals surface area contributed by atoms with Crippen LogP contribution in [0.25, 0.3) is 39.0 Å². The number of fused-ring (bicyclic) bond motifs is 4. The van der Waals surface area contributed by atoms with Gasteiger partial charge >= 0.3 is 0 Å². The van der Waals surface area contributed by atoms with Gasteiger partial charge in [0, 0.05) is 19.6 Å². The van der Waals surface area contributed by atoms with Gasteiger partial charge in [-0.05, 0) is 75.1 Å². The molecule has 0 aromatic heterocycles. The Labute approximate surface area is 280 Å². The van der Waals surface area contributed by atoms with Crippen molar-refractivity contribution in [3.05, 3.63) is 170 Å². The van der Waals surface area contributed by atoms with Gasteiger partial charge in [-0.1, -0.05) is 181 Å². The maximum absolute atomic E-state index is 4.06. The third-order valence-corrected chi connectivity index (χ3v) is 11.4. The highest BCUT2D eigenvalue weighted by molar-refractivity contribution is 8.01. The zero-order valence-corrected chi connectivity index (χ0v) is 27.2. The molecule has 0 atom stereocenters. The predicted octanol–water partition coefficient (Wildman–Crippen LogP) is 10.3. The molecule has 0 saturated heterocycles. The molecule has 218 valence electrons. The molecular weight excluding hydrogens is 591 g/mol. The highest BCUT2D eigenvalue weighted by Crippen LogP contribution is 2.47. The van der Waals surface area contributed by atoms with Crippen LogP contribution in [0.4, 0.5) is 0 Å². The molecule has 2 aliphatic rings. The number of allylic oxidation sites excluding steroid dienone is 5. The van der Waals surface area contributed by atoms with E-state index in [9.17, 15) is 0 Å². The van der Waals surface area contributed by atoms with Crippen molar-refractivity contribution in [3.63, 3.8) is 0 Å². The minimum absolute atomic E-state index is 0.192. The molecule has 0 amide bonds. The maximum Gasteiger partial charge on any atom is 0.247 e. The van der Waals surface area contributed by atoms with Gasteiger partial charge in [-0.15, -0.1) is 0 Å². The smallest absolute Gasteiger partial charge is 0.0984 e. The normalized spacial score (nSPS) is 13.2. The molecule has 6 aromatic rings. The minimum atomic E-state index is 0.192. The van der Waals surface area contributed by atoms with Crippen molar-refractivity contribution in [1.82, 2.24) is 0 Å². The minimum Gasteiger partial charge on any atom is -0.0984 e. The molecule has 0 spiro atoms. The van der Waals surface area contributed by atoms with E-state index in [1.807, 2.05) is 42.6 Å². The summed E-state index contributed by atoms with van der Waals surface area (Å²) in [7, 11) is 0. The zero-order chi connectivity index (χ0) is 31.0. The molecule has 6 aromatic carbocycles. The first-order valence-corrected chi connectivity index (χ1v) is 17.3. The Morgan fingerprint density at radius 3 is 1.65 bits per heavy atom. The predicted molar refractivity (Wildman–Crippen MR) is 202 cm³/mol. The van der Waals surface area contributed by atoms with Gasteiger partial charge in [0.15, 0.2) is 0 Å². The van der Waals surface area contributed by atoms with Gasteiger partial charge < -0.3 is 0 Å². The van der Waals surface area contributed by atoms with Gasteiger partial charge in [-0.3, -0.25) is 0 Å². The van der Waals surface area contributed by atoms with Crippen molar-refractivity contribution in [2.45, 2.75) is 26.5 Å². The number of rotatable bonds is 6. The quantitative estimate of drug-likeness (QED) is 0.134. The second-order valence-electron chi connectivity index (χ2n) is 11.6. The summed E-state index contributed by atoms with van der Waals surface area (Å²) in [5, 5.41) is 0. The molecule has 0 aliphatic carbocycles. The third-order valence-electron chi connectivity index (χ3n) is 8.96. The maximum atomic E-state index is 4.06. The first-order chi connectivity index (χ1) is 22.7. The zero-order valence-electron chi connectivity index (χ0n) is 25.6. The molecule has 0 bridgehead atoms. The number of hydrogen-bond acceptors (Lipinski definition) is 2. The lowest BCUT2D eigenvalue weighted by Crippen LogP contribution is -2.58. The molecule has 8 rings (SSSR count). The molecule has 3 heteroatoms. The van der Waals surface area contributed by atoms with Crippen molar-refractivity contribution >= 4 is 52.2 Å². The fraction of sp³-hybridized carbons (Fsp3) is 0.0233. The summed E-state index contributed by atoms with van der Waals surface area (Å²) in [6.45, 7) is 6.29. The fourth-order valence-electron chi connectivity index (χ4n) is 6.70. The lowest BCUT2D eigenvalue weighted by atomic mass is 9.36. The lowest BCUT2D eigenvalue weighted by Gasteiger charge is -2.35. The fourth-order valence-corrected chi connectivity index (χ4v) is 9.34. The summed E-state index contributed by atoms with van der Waals surface area (Å²) < 4.78 is 0. The topological polar surface area (TPSA) is 0 Å². The molecule has 46 heavy (non-hydrogen) atoms. The van der Waals surface area contributed by atoms with Gasteiger partial charge in [0.05, 0.1) is 0 Å². The van der Waals surface area contributed by atoms with Gasteiger partial charge in [0.2, 0.25) is 6.71 Å². The third kappa shape index (κ3) is 5.01. The highest BCUT2D eigenvalue weighted by Gasteiger charge is 2.40. The van der Waals surface area contributed by atoms with Crippen LogP contribution in [0.1, 0.15) is 12.5 Å². The summed E-state index contributed by atoms with van der Waals surface area (Å²) in [6.07, 6.45) is 8.16. The van der Waals surface area contributed by atoms with E-state index in [2.05, 4.69) is 152 Å². The number of hydrogen-bond donors (Lipinski definition) is 0. The summed E-state index contributed by atoms with van der Waals surface area (Å²) in [4.78, 5) is 5.42. The second kappa shape index (κ2) is 12.2. The average molecular weight is 623 g/mol. The van der Waals surface area contributed by atoms with Crippen molar-refractivity contribution in [1.29, 1.82) is 0 Å². The van der Waals surface area contributed by atoms with Crippen molar-refractivity contribution in [2.75, 3.05) is 0 Å². The van der Waals surface area contributed by atoms with Crippen LogP contribution in [0, 0.1) is 0 Å². The first kappa shape index (κ1) is 28.8. The Hall–Kier alpha value is -4.70. The van der Waals surface area contributed by atoms with Gasteiger partial charge in [-0.25, -0.2) is 0 Å². The Bertz CT molecular complexity index is 2150. The van der Waals surface area contributed by atoms with E-state index in [-0.39, 0.29) is 6.71 Å². The molecule has 2 aliphatic heterocycles. The van der Waals surface area contributed by atoms with Crippen LogP contribution in [0.5, 0.6) is 0 Å². The van der Waals surface area contributed by atoms with Crippen LogP contribution >= 0.6 is 23.5 Å². The van der Waals surface area contributed by atoms with E-state index in [0.29, 0.717) is 0 Å². The van der Waals surface area contributed by atoms with E-state index in [1.54, 1.807) is 0 Å². The summed E-state index contributed by atoms with van der Waals surface area (Å²) in [5.74, 6) is 0. The van der Waals surface area contributed by atoms with Gasteiger partial charge in [0.25, 0.3) is 0 Å². The van der Waals surface area contributed by atoms with Crippen molar-refractivity contribution in [2.24, 2.45) is 0 Å². The first-order valence-electron chi connectivity index (χ1n) is 15.7. The van der Waals surface area contributed by atoms with Crippen molar-refractivity contribution in [3.8, 4) is 33.4 Å². The molecule has 2 heterocycles. The summed E-state index contributed by atoms with van der Waals surface area (Å²) in [6, 6.07) is 49.2. The lowest BCUT2D eigenvalue weighted by molar-refractivity contribution is 1.33. The molecule has 0 N–H and O–H groups in total. The Morgan fingerprint density at radius 1 is 0.587 bits per heavy atom. The largest absolute Gasteiger partial charge is 0.247 e. The molecule has 0 fully saturated rings. The van der Waals surface area contributed by atoms with E-state index < -0.39 is 0 Å². The summed E-state index contributed by atoms with van der Waals surface area (Å²) >= 11 is 3.85. The standard InChI is InChI=1S/C43H31BS2/c1-3-5-13-29(4-2)31-20-24-33(25-21-31)35-28-36(34-26-22-32(23-27-34)30-14-7-6-8-15-30)43-41-42(35)45-39-18-11-9-16-37(39)44(41)38-17-10-12-19-40(38)46-43/h3-28H,2H2,1H3/b5-3-,29-13+. The molecule has 0 saturated carbocycles. The monoisotopic (exact) mass is 622 g/mol. The van der Waals surface area contributed by atoms with Crippen LogP contribution in [-0.2, 0) is 0 Å². The molecule has 0 unspecified atom stereocenters. The van der Waals surface area contributed by atoms with E-state index in [4.69, 9.17) is 0 Å². The van der Waals surface area contributed by atoms with Gasteiger partial charge in [0.1, 0.15) is 0 Å². The van der Waals surface area contributed by atoms with Crippen molar-refractivity contribution < 1.29 is 0 Å². The average Bonchev–Trinajstić information content (AvgIpc) is 3.12. The van der Waals surface area contributed by atoms with Crippen LogP contribution in [0.15, 0.2) is 184 Å². The van der Waals surface area contributed by atoms with Crippen LogP contribution in [-0.4, -0.2) is 6.71 Å². The molecule has 0 nitrogen and oxygen atoms in total. The van der Waals surface area contributed by atoms with E-state index in [1.165, 1.54) is 74.9 Å². The summed E-state index contributed by atoms with van der Waals surface area (Å²) in [5.41, 5.74) is 14.0. The Morgan fingerprint density at radius 2 is 1.09 bits per heavy atom. The Kier molecular flexibility index (Phi) is 7.66. The molecular formula is C43H31BS2. The molecule has 0 radical (unpaired) electrons. The van der Waals surface area contributed by atoms with Crippen LogP contribution in [0.2, 0.25) is 0 Å². The van der Waals surface area contributed by atoms with Crippen LogP contribution in [0.3, 0.4) is 0 Å². The number of benzene rings is 6.